The van der Waals surface area contributed by atoms with Gasteiger partial charge in [-0.3, -0.25) is 0 Å². The fraction of sp³-hybridized carbons (Fsp3) is 0.467. The van der Waals surface area contributed by atoms with Crippen LogP contribution in [0.15, 0.2) is 22.7 Å². The molecule has 0 spiro atoms. The van der Waals surface area contributed by atoms with Gasteiger partial charge < -0.3 is 9.73 Å². The molecule has 0 amide bonds. The van der Waals surface area contributed by atoms with E-state index in [4.69, 9.17) is 9.68 Å². The maximum atomic E-state index is 9.02. The number of nitrogens with zero attached hydrogens (tertiary/aromatic N) is 2. The molecule has 1 aliphatic rings. The summed E-state index contributed by atoms with van der Waals surface area (Å²) in [4.78, 5) is 4.06. The standard InChI is InChI=1S/C15H17N3O/c16-10-14-13-9-12(19-15(13)5-8-18-14)2-1-11-3-6-17-7-4-11/h5,8-9,11,17H,1-4,6-7H2. The van der Waals surface area contributed by atoms with Crippen LogP contribution < -0.4 is 5.32 Å². The number of furan rings is 1. The number of rotatable bonds is 3. The highest BCUT2D eigenvalue weighted by Crippen LogP contribution is 2.24. The molecule has 3 heterocycles. The number of fused-ring (bicyclic) bond motifs is 1. The summed E-state index contributed by atoms with van der Waals surface area (Å²) in [6, 6.07) is 5.91. The minimum Gasteiger partial charge on any atom is -0.461 e. The molecule has 0 bridgehead atoms. The largest absolute Gasteiger partial charge is 0.461 e. The maximum absolute atomic E-state index is 9.02. The van der Waals surface area contributed by atoms with Crippen molar-refractivity contribution in [2.45, 2.75) is 25.7 Å². The van der Waals surface area contributed by atoms with E-state index in [9.17, 15) is 0 Å². The van der Waals surface area contributed by atoms with Crippen LogP contribution in [0.2, 0.25) is 0 Å². The Balaban J connectivity index is 1.73. The molecule has 98 valence electrons. The van der Waals surface area contributed by atoms with Gasteiger partial charge in [0.1, 0.15) is 17.4 Å². The van der Waals surface area contributed by atoms with Crippen molar-refractivity contribution >= 4 is 11.0 Å². The Morgan fingerprint density at radius 3 is 3.05 bits per heavy atom. The lowest BCUT2D eigenvalue weighted by atomic mass is 9.93. The number of aryl methyl sites for hydroxylation is 1. The van der Waals surface area contributed by atoms with Crippen LogP contribution in [0.3, 0.4) is 0 Å². The topological polar surface area (TPSA) is 61.9 Å². The van der Waals surface area contributed by atoms with Crippen LogP contribution in [0.25, 0.3) is 11.0 Å². The Hall–Kier alpha value is -1.86. The predicted molar refractivity (Wildman–Crippen MR) is 72.6 cm³/mol. The Morgan fingerprint density at radius 2 is 2.26 bits per heavy atom. The van der Waals surface area contributed by atoms with Gasteiger partial charge in [-0.15, -0.1) is 0 Å². The molecule has 1 aliphatic heterocycles. The fourth-order valence-electron chi connectivity index (χ4n) is 2.74. The van der Waals surface area contributed by atoms with Crippen molar-refractivity contribution in [2.24, 2.45) is 5.92 Å². The molecular formula is C15H17N3O. The van der Waals surface area contributed by atoms with Crippen molar-refractivity contribution in [3.8, 4) is 6.07 Å². The third kappa shape index (κ3) is 2.61. The van der Waals surface area contributed by atoms with Crippen LogP contribution in [-0.4, -0.2) is 18.1 Å². The molecule has 0 radical (unpaired) electrons. The first-order chi connectivity index (χ1) is 9.36. The number of aromatic nitrogens is 1. The zero-order valence-electron chi connectivity index (χ0n) is 10.9. The smallest absolute Gasteiger partial charge is 0.151 e. The van der Waals surface area contributed by atoms with E-state index in [0.717, 1.165) is 48.6 Å². The molecule has 2 aromatic heterocycles. The molecule has 19 heavy (non-hydrogen) atoms. The van der Waals surface area contributed by atoms with Crippen LogP contribution in [-0.2, 0) is 6.42 Å². The number of pyridine rings is 1. The van der Waals surface area contributed by atoms with E-state index >= 15 is 0 Å². The molecular weight excluding hydrogens is 238 g/mol. The molecule has 3 rings (SSSR count). The summed E-state index contributed by atoms with van der Waals surface area (Å²) in [6.45, 7) is 2.26. The normalized spacial score (nSPS) is 16.6. The SMILES string of the molecule is N#Cc1nccc2oc(CCC3CCNCC3)cc12. The third-order valence-corrected chi connectivity index (χ3v) is 3.86. The minimum absolute atomic E-state index is 0.453. The van der Waals surface area contributed by atoms with Gasteiger partial charge in [0, 0.05) is 12.6 Å². The first-order valence-electron chi connectivity index (χ1n) is 6.85. The van der Waals surface area contributed by atoms with Gasteiger partial charge >= 0.3 is 0 Å². The molecule has 0 unspecified atom stereocenters. The van der Waals surface area contributed by atoms with Gasteiger partial charge in [0.2, 0.25) is 0 Å². The summed E-state index contributed by atoms with van der Waals surface area (Å²) in [5.74, 6) is 1.76. The fourth-order valence-corrected chi connectivity index (χ4v) is 2.74. The number of hydrogen-bond donors (Lipinski definition) is 1. The van der Waals surface area contributed by atoms with Crippen LogP contribution in [0, 0.1) is 17.2 Å². The van der Waals surface area contributed by atoms with E-state index in [0.29, 0.717) is 5.69 Å². The molecule has 0 atom stereocenters. The summed E-state index contributed by atoms with van der Waals surface area (Å²) >= 11 is 0. The van der Waals surface area contributed by atoms with Crippen LogP contribution in [0.1, 0.15) is 30.7 Å². The first kappa shape index (κ1) is 12.2. The van der Waals surface area contributed by atoms with E-state index in [2.05, 4.69) is 16.4 Å². The number of nitrogens with one attached hydrogen (secondary N) is 1. The average Bonchev–Trinajstić information content (AvgIpc) is 2.89. The van der Waals surface area contributed by atoms with Gasteiger partial charge in [0.05, 0.1) is 5.39 Å². The predicted octanol–water partition coefficient (Wildman–Crippen LogP) is 2.63. The first-order valence-corrected chi connectivity index (χ1v) is 6.85. The highest BCUT2D eigenvalue weighted by molar-refractivity contribution is 5.82. The van der Waals surface area contributed by atoms with Crippen LogP contribution in [0.4, 0.5) is 0 Å². The Labute approximate surface area is 112 Å². The summed E-state index contributed by atoms with van der Waals surface area (Å²) in [6.07, 6.45) is 6.25. The Morgan fingerprint density at radius 1 is 1.42 bits per heavy atom. The van der Waals surface area contributed by atoms with Crippen molar-refractivity contribution in [3.05, 3.63) is 29.8 Å². The number of nitriles is 1. The van der Waals surface area contributed by atoms with Gasteiger partial charge in [-0.05, 0) is 50.4 Å². The Bertz CT molecular complexity index is 605. The zero-order chi connectivity index (χ0) is 13.1. The molecule has 0 aromatic carbocycles. The van der Waals surface area contributed by atoms with E-state index in [-0.39, 0.29) is 0 Å². The lowest BCUT2D eigenvalue weighted by Gasteiger charge is -2.21. The van der Waals surface area contributed by atoms with Crippen LogP contribution >= 0.6 is 0 Å². The summed E-state index contributed by atoms with van der Waals surface area (Å²) < 4.78 is 5.79. The molecule has 0 aliphatic carbocycles. The molecule has 1 N–H and O–H groups in total. The zero-order valence-corrected chi connectivity index (χ0v) is 10.9. The summed E-state index contributed by atoms with van der Waals surface area (Å²) in [7, 11) is 0. The van der Waals surface area contributed by atoms with Crippen molar-refractivity contribution < 1.29 is 4.42 Å². The van der Waals surface area contributed by atoms with E-state index in [1.165, 1.54) is 12.8 Å². The number of piperidine rings is 1. The van der Waals surface area contributed by atoms with Gasteiger partial charge in [-0.2, -0.15) is 5.26 Å². The van der Waals surface area contributed by atoms with Crippen molar-refractivity contribution in [2.75, 3.05) is 13.1 Å². The molecule has 2 aromatic rings. The lowest BCUT2D eigenvalue weighted by Crippen LogP contribution is -2.27. The monoisotopic (exact) mass is 255 g/mol. The second-order valence-electron chi connectivity index (χ2n) is 5.13. The summed E-state index contributed by atoms with van der Waals surface area (Å²) in [5.41, 5.74) is 1.22. The summed E-state index contributed by atoms with van der Waals surface area (Å²) in [5, 5.41) is 13.2. The highest BCUT2D eigenvalue weighted by atomic mass is 16.3. The maximum Gasteiger partial charge on any atom is 0.151 e. The molecule has 4 heteroatoms. The number of hydrogen-bond acceptors (Lipinski definition) is 4. The van der Waals surface area contributed by atoms with E-state index in [1.54, 1.807) is 6.20 Å². The average molecular weight is 255 g/mol. The van der Waals surface area contributed by atoms with E-state index < -0.39 is 0 Å². The van der Waals surface area contributed by atoms with Gasteiger partial charge in [0.25, 0.3) is 0 Å². The molecule has 4 nitrogen and oxygen atoms in total. The van der Waals surface area contributed by atoms with Gasteiger partial charge in [-0.1, -0.05) is 0 Å². The Kier molecular flexibility index (Phi) is 3.47. The van der Waals surface area contributed by atoms with Crippen molar-refractivity contribution in [1.29, 1.82) is 5.26 Å². The van der Waals surface area contributed by atoms with Crippen LogP contribution in [0.5, 0.6) is 0 Å². The molecule has 1 saturated heterocycles. The quantitative estimate of drug-likeness (QED) is 0.915. The second kappa shape index (κ2) is 5.41. The van der Waals surface area contributed by atoms with E-state index in [1.807, 2.05) is 12.1 Å². The molecule has 0 saturated carbocycles. The van der Waals surface area contributed by atoms with Crippen molar-refractivity contribution in [1.82, 2.24) is 10.3 Å². The highest BCUT2D eigenvalue weighted by Gasteiger charge is 2.14. The minimum atomic E-state index is 0.453. The van der Waals surface area contributed by atoms with Crippen molar-refractivity contribution in [3.63, 3.8) is 0 Å². The lowest BCUT2D eigenvalue weighted by molar-refractivity contribution is 0.346. The third-order valence-electron chi connectivity index (χ3n) is 3.86. The van der Waals surface area contributed by atoms with Gasteiger partial charge in [-0.25, -0.2) is 4.98 Å². The van der Waals surface area contributed by atoms with Gasteiger partial charge in [0.15, 0.2) is 5.69 Å². The molecule has 1 fully saturated rings. The second-order valence-corrected chi connectivity index (χ2v) is 5.13.